The summed E-state index contributed by atoms with van der Waals surface area (Å²) < 4.78 is 19.9. The molecule has 1 aromatic rings. The summed E-state index contributed by atoms with van der Waals surface area (Å²) in [5, 5.41) is 8.72. The summed E-state index contributed by atoms with van der Waals surface area (Å²) >= 11 is 0. The number of fused-ring (bicyclic) bond motifs is 1. The van der Waals surface area contributed by atoms with Crippen molar-refractivity contribution in [2.75, 3.05) is 19.8 Å². The second kappa shape index (κ2) is 6.10. The van der Waals surface area contributed by atoms with Crippen molar-refractivity contribution in [1.82, 2.24) is 10.4 Å². The lowest BCUT2D eigenvalue weighted by Gasteiger charge is -2.54. The Morgan fingerprint density at radius 2 is 2.08 bits per heavy atom. The van der Waals surface area contributed by atoms with Crippen molar-refractivity contribution in [3.05, 3.63) is 34.6 Å². The zero-order chi connectivity index (χ0) is 16.7. The van der Waals surface area contributed by atoms with Gasteiger partial charge in [0.1, 0.15) is 5.82 Å². The number of carbonyl (C=O) groups is 1. The standard InChI is InChI=1S/C18H23FN2O3/c19-16-8-13(17(22)20-23)7-12-1-4-21(11-15(12)16)14-9-18(10-14)2-5-24-6-3-18/h7-8,14,23H,1-6,9-11H2,(H,20,22). The summed E-state index contributed by atoms with van der Waals surface area (Å²) in [6, 6.07) is 3.45. The van der Waals surface area contributed by atoms with E-state index in [0.29, 0.717) is 23.6 Å². The van der Waals surface area contributed by atoms with Crippen LogP contribution in [-0.2, 0) is 17.7 Å². The maximum atomic E-state index is 14.4. The quantitative estimate of drug-likeness (QED) is 0.643. The lowest BCUT2D eigenvalue weighted by atomic mass is 9.60. The Balaban J connectivity index is 1.46. The molecule has 5 nitrogen and oxygen atoms in total. The number of rotatable bonds is 2. The second-order valence-corrected chi connectivity index (χ2v) is 7.43. The van der Waals surface area contributed by atoms with Crippen molar-refractivity contribution in [3.8, 4) is 0 Å². The first kappa shape index (κ1) is 16.0. The van der Waals surface area contributed by atoms with E-state index in [9.17, 15) is 9.18 Å². The number of nitrogens with one attached hydrogen (secondary N) is 1. The molecule has 2 aliphatic heterocycles. The van der Waals surface area contributed by atoms with E-state index >= 15 is 0 Å². The topological polar surface area (TPSA) is 61.8 Å². The minimum atomic E-state index is -0.667. The molecular formula is C18H23FN2O3. The first-order valence-electron chi connectivity index (χ1n) is 8.68. The zero-order valence-electron chi connectivity index (χ0n) is 13.7. The number of nitrogens with zero attached hydrogens (tertiary/aromatic N) is 1. The molecule has 3 aliphatic rings. The molecule has 130 valence electrons. The van der Waals surface area contributed by atoms with Crippen LogP contribution in [0.3, 0.4) is 0 Å². The van der Waals surface area contributed by atoms with Crippen LogP contribution in [0.25, 0.3) is 0 Å². The van der Waals surface area contributed by atoms with Crippen molar-refractivity contribution < 1.29 is 19.1 Å². The number of ether oxygens (including phenoxy) is 1. The molecule has 2 heterocycles. The van der Waals surface area contributed by atoms with Gasteiger partial charge < -0.3 is 4.74 Å². The number of amides is 1. The minimum absolute atomic E-state index is 0.173. The first-order chi connectivity index (χ1) is 11.6. The Morgan fingerprint density at radius 3 is 2.79 bits per heavy atom. The Labute approximate surface area is 140 Å². The molecule has 4 rings (SSSR count). The molecule has 2 N–H and O–H groups in total. The third-order valence-electron chi connectivity index (χ3n) is 6.09. The van der Waals surface area contributed by atoms with Gasteiger partial charge in [-0.05, 0) is 55.2 Å². The summed E-state index contributed by atoms with van der Waals surface area (Å²) in [6.45, 7) is 3.26. The molecular weight excluding hydrogens is 311 g/mol. The molecule has 24 heavy (non-hydrogen) atoms. The fourth-order valence-electron chi connectivity index (χ4n) is 4.56. The molecule has 0 bridgehead atoms. The number of carbonyl (C=O) groups excluding carboxylic acids is 1. The minimum Gasteiger partial charge on any atom is -0.381 e. The summed E-state index contributed by atoms with van der Waals surface area (Å²) in [4.78, 5) is 13.9. The van der Waals surface area contributed by atoms with Gasteiger partial charge in [0.25, 0.3) is 5.91 Å². The summed E-state index contributed by atoms with van der Waals surface area (Å²) in [5.74, 6) is -1.02. The maximum absolute atomic E-state index is 14.4. The molecule has 1 saturated heterocycles. The first-order valence-corrected chi connectivity index (χ1v) is 8.68. The third kappa shape index (κ3) is 2.72. The molecule has 0 aromatic heterocycles. The van der Waals surface area contributed by atoms with Gasteiger partial charge in [0.15, 0.2) is 0 Å². The van der Waals surface area contributed by atoms with E-state index in [2.05, 4.69) is 4.90 Å². The normalized spacial score (nSPS) is 23.6. The highest BCUT2D eigenvalue weighted by molar-refractivity contribution is 5.93. The van der Waals surface area contributed by atoms with Crippen molar-refractivity contribution in [2.45, 2.75) is 44.7 Å². The molecule has 1 aromatic carbocycles. The largest absolute Gasteiger partial charge is 0.381 e. The molecule has 1 amide bonds. The van der Waals surface area contributed by atoms with Gasteiger partial charge in [-0.25, -0.2) is 9.87 Å². The van der Waals surface area contributed by atoms with Gasteiger partial charge in [0.2, 0.25) is 0 Å². The average Bonchev–Trinajstić information content (AvgIpc) is 2.59. The van der Waals surface area contributed by atoms with Crippen molar-refractivity contribution in [3.63, 3.8) is 0 Å². The predicted octanol–water partition coefficient (Wildman–Crippen LogP) is 2.26. The van der Waals surface area contributed by atoms with E-state index in [1.165, 1.54) is 18.9 Å². The number of halogens is 1. The third-order valence-corrected chi connectivity index (χ3v) is 6.09. The Morgan fingerprint density at radius 1 is 1.33 bits per heavy atom. The average molecular weight is 334 g/mol. The summed E-state index contributed by atoms with van der Waals surface area (Å²) in [5.41, 5.74) is 3.78. The van der Waals surface area contributed by atoms with Crippen LogP contribution in [0, 0.1) is 11.2 Å². The van der Waals surface area contributed by atoms with E-state index in [4.69, 9.17) is 9.94 Å². The Bertz CT molecular complexity index is 650. The van der Waals surface area contributed by atoms with Crippen LogP contribution in [0.4, 0.5) is 4.39 Å². The molecule has 1 spiro atoms. The smallest absolute Gasteiger partial charge is 0.274 e. The molecule has 2 fully saturated rings. The molecule has 0 radical (unpaired) electrons. The van der Waals surface area contributed by atoms with Gasteiger partial charge in [0, 0.05) is 43.5 Å². The molecule has 1 aliphatic carbocycles. The number of benzene rings is 1. The van der Waals surface area contributed by atoms with Crippen molar-refractivity contribution in [2.24, 2.45) is 5.41 Å². The van der Waals surface area contributed by atoms with Gasteiger partial charge in [-0.1, -0.05) is 0 Å². The lowest BCUT2D eigenvalue weighted by molar-refractivity contribution is -0.0792. The SMILES string of the molecule is O=C(NO)c1cc(F)c2c(c1)CCN(C1CC3(CCOCC3)C1)C2. The predicted molar refractivity (Wildman–Crippen MR) is 85.3 cm³/mol. The van der Waals surface area contributed by atoms with Crippen LogP contribution in [0.5, 0.6) is 0 Å². The van der Waals surface area contributed by atoms with Crippen LogP contribution in [-0.4, -0.2) is 41.8 Å². The lowest BCUT2D eigenvalue weighted by Crippen LogP contribution is -2.54. The van der Waals surface area contributed by atoms with Gasteiger partial charge in [-0.3, -0.25) is 14.9 Å². The highest BCUT2D eigenvalue weighted by Gasteiger charge is 2.47. The second-order valence-electron chi connectivity index (χ2n) is 7.43. The van der Waals surface area contributed by atoms with E-state index in [1.54, 1.807) is 11.5 Å². The number of hydroxylamine groups is 1. The molecule has 6 heteroatoms. The van der Waals surface area contributed by atoms with Gasteiger partial charge in [0.05, 0.1) is 0 Å². The summed E-state index contributed by atoms with van der Waals surface area (Å²) in [7, 11) is 0. The van der Waals surface area contributed by atoms with Crippen LogP contribution < -0.4 is 5.48 Å². The highest BCUT2D eigenvalue weighted by Crippen LogP contribution is 2.51. The number of hydrogen-bond acceptors (Lipinski definition) is 4. The van der Waals surface area contributed by atoms with Gasteiger partial charge >= 0.3 is 0 Å². The fourth-order valence-corrected chi connectivity index (χ4v) is 4.56. The van der Waals surface area contributed by atoms with Crippen LogP contribution in [0.15, 0.2) is 12.1 Å². The van der Waals surface area contributed by atoms with Crippen LogP contribution in [0.2, 0.25) is 0 Å². The van der Waals surface area contributed by atoms with Crippen molar-refractivity contribution >= 4 is 5.91 Å². The fraction of sp³-hybridized carbons (Fsp3) is 0.611. The summed E-state index contributed by atoms with van der Waals surface area (Å²) in [6.07, 6.45) is 5.44. The van der Waals surface area contributed by atoms with Crippen LogP contribution in [0.1, 0.15) is 47.2 Å². The van der Waals surface area contributed by atoms with Crippen molar-refractivity contribution in [1.29, 1.82) is 0 Å². The van der Waals surface area contributed by atoms with E-state index in [1.807, 2.05) is 0 Å². The molecule has 0 atom stereocenters. The Hall–Kier alpha value is -1.50. The Kier molecular flexibility index (Phi) is 4.06. The van der Waals surface area contributed by atoms with Gasteiger partial charge in [-0.15, -0.1) is 0 Å². The molecule has 1 saturated carbocycles. The zero-order valence-corrected chi connectivity index (χ0v) is 13.7. The van der Waals surface area contributed by atoms with Crippen LogP contribution >= 0.6 is 0 Å². The van der Waals surface area contributed by atoms with E-state index in [0.717, 1.165) is 44.6 Å². The number of hydrogen-bond donors (Lipinski definition) is 2. The molecule has 0 unspecified atom stereocenters. The van der Waals surface area contributed by atoms with E-state index < -0.39 is 5.91 Å². The highest BCUT2D eigenvalue weighted by atomic mass is 19.1. The van der Waals surface area contributed by atoms with E-state index in [-0.39, 0.29) is 11.4 Å². The van der Waals surface area contributed by atoms with Gasteiger partial charge in [-0.2, -0.15) is 0 Å². The monoisotopic (exact) mass is 334 g/mol. The maximum Gasteiger partial charge on any atom is 0.274 e.